The van der Waals surface area contributed by atoms with E-state index < -0.39 is 41.6 Å². The molecule has 45 heavy (non-hydrogen) atoms. The molecular weight excluding hydrogens is 572 g/mol. The highest BCUT2D eigenvalue weighted by molar-refractivity contribution is 5.98. The second-order valence-electron chi connectivity index (χ2n) is 11.1. The lowest BCUT2D eigenvalue weighted by Crippen LogP contribution is -2.48. The van der Waals surface area contributed by atoms with E-state index in [0.717, 1.165) is 22.8 Å². The predicted molar refractivity (Wildman–Crippen MR) is 171 cm³/mol. The number of ketones is 1. The zero-order valence-corrected chi connectivity index (χ0v) is 25.2. The van der Waals surface area contributed by atoms with Crippen LogP contribution in [0, 0.1) is 5.92 Å². The number of nitrogens with one attached hydrogen (secondary N) is 2. The summed E-state index contributed by atoms with van der Waals surface area (Å²) in [5.74, 6) is -3.78. The molecule has 1 aromatic heterocycles. The van der Waals surface area contributed by atoms with Crippen LogP contribution >= 0.6 is 0 Å². The Kier molecular flexibility index (Phi) is 11.3. The van der Waals surface area contributed by atoms with Crippen molar-refractivity contribution in [3.05, 3.63) is 84.2 Å². The van der Waals surface area contributed by atoms with Gasteiger partial charge in [-0.3, -0.25) is 29.0 Å². The molecule has 0 fully saturated rings. The number of benzene rings is 3. The fourth-order valence-electron chi connectivity index (χ4n) is 5.18. The van der Waals surface area contributed by atoms with Crippen molar-refractivity contribution in [3.8, 4) is 0 Å². The number of carbonyl (C=O) groups excluding carboxylic acids is 5. The molecule has 6 N–H and O–H groups in total. The van der Waals surface area contributed by atoms with Gasteiger partial charge in [0.15, 0.2) is 5.78 Å². The average molecular weight is 611 g/mol. The van der Waals surface area contributed by atoms with Gasteiger partial charge in [0.1, 0.15) is 11.7 Å². The third-order valence-electron chi connectivity index (χ3n) is 7.68. The molecule has 0 aliphatic rings. The summed E-state index contributed by atoms with van der Waals surface area (Å²) < 4.78 is 0. The number of aromatic nitrogens is 2. The number of unbranched alkanes of at least 4 members (excludes halogenated alkanes) is 1. The first-order valence-electron chi connectivity index (χ1n) is 15.1. The third kappa shape index (κ3) is 9.15. The Morgan fingerprint density at radius 3 is 2.24 bits per heavy atom. The van der Waals surface area contributed by atoms with Crippen molar-refractivity contribution in [1.82, 2.24) is 20.6 Å². The second-order valence-corrected chi connectivity index (χ2v) is 11.1. The first-order chi connectivity index (χ1) is 21.6. The maximum absolute atomic E-state index is 13.8. The third-order valence-corrected chi connectivity index (χ3v) is 7.68. The molecule has 0 bridgehead atoms. The van der Waals surface area contributed by atoms with Crippen LogP contribution in [0.25, 0.3) is 21.8 Å². The molecule has 1 heterocycles. The van der Waals surface area contributed by atoms with Crippen LogP contribution in [0.2, 0.25) is 0 Å². The molecule has 3 atom stereocenters. The van der Waals surface area contributed by atoms with Crippen LogP contribution in [0.4, 0.5) is 0 Å². The number of amides is 4. The number of rotatable bonds is 16. The van der Waals surface area contributed by atoms with Crippen LogP contribution in [-0.4, -0.2) is 51.5 Å². The van der Waals surface area contributed by atoms with Crippen LogP contribution in [0.5, 0.6) is 0 Å². The zero-order valence-electron chi connectivity index (χ0n) is 25.2. The highest BCUT2D eigenvalue weighted by Crippen LogP contribution is 2.21. The second kappa shape index (κ2) is 15.5. The van der Waals surface area contributed by atoms with Gasteiger partial charge in [0.2, 0.25) is 17.7 Å². The van der Waals surface area contributed by atoms with Gasteiger partial charge in [-0.1, -0.05) is 74.4 Å². The number of hydrogen-bond acceptors (Lipinski definition) is 7. The molecule has 11 nitrogen and oxygen atoms in total. The van der Waals surface area contributed by atoms with E-state index in [1.165, 1.54) is 6.20 Å². The van der Waals surface area contributed by atoms with E-state index in [2.05, 4.69) is 20.6 Å². The van der Waals surface area contributed by atoms with Gasteiger partial charge in [0, 0.05) is 18.8 Å². The molecule has 1 unspecified atom stereocenters. The van der Waals surface area contributed by atoms with E-state index in [1.54, 1.807) is 18.2 Å². The molecule has 0 spiro atoms. The summed E-state index contributed by atoms with van der Waals surface area (Å²) in [5.41, 5.74) is 12.8. The van der Waals surface area contributed by atoms with Crippen LogP contribution in [0.1, 0.15) is 61.5 Å². The predicted octanol–water partition coefficient (Wildman–Crippen LogP) is 3.13. The normalized spacial score (nSPS) is 13.1. The van der Waals surface area contributed by atoms with Crippen molar-refractivity contribution in [3.63, 3.8) is 0 Å². The number of nitrogens with zero attached hydrogens (tertiary/aromatic N) is 2. The molecule has 0 radical (unpaired) electrons. The summed E-state index contributed by atoms with van der Waals surface area (Å²) in [6.07, 6.45) is 2.96. The quantitative estimate of drug-likeness (QED) is 0.150. The molecular formula is C34H38N6O5. The van der Waals surface area contributed by atoms with Crippen LogP contribution in [0.15, 0.2) is 72.9 Å². The Labute approximate surface area is 261 Å². The zero-order chi connectivity index (χ0) is 32.3. The smallest absolute Gasteiger partial charge is 0.272 e. The van der Waals surface area contributed by atoms with E-state index in [0.29, 0.717) is 23.9 Å². The number of para-hydroxylation sites is 2. The summed E-state index contributed by atoms with van der Waals surface area (Å²) in [6.45, 7) is 1.98. The maximum Gasteiger partial charge on any atom is 0.272 e. The summed E-state index contributed by atoms with van der Waals surface area (Å²) in [4.78, 5) is 72.7. The molecule has 4 aromatic rings. The topological polar surface area (TPSA) is 187 Å². The summed E-state index contributed by atoms with van der Waals surface area (Å²) in [5, 5.41) is 7.43. The van der Waals surface area contributed by atoms with Crippen molar-refractivity contribution < 1.29 is 24.0 Å². The minimum absolute atomic E-state index is 0.0605. The lowest BCUT2D eigenvalue weighted by Gasteiger charge is -2.23. The van der Waals surface area contributed by atoms with Gasteiger partial charge < -0.3 is 22.1 Å². The average Bonchev–Trinajstić information content (AvgIpc) is 3.03. The minimum Gasteiger partial charge on any atom is -0.370 e. The van der Waals surface area contributed by atoms with Gasteiger partial charge in [0.05, 0.1) is 23.3 Å². The largest absolute Gasteiger partial charge is 0.370 e. The molecule has 0 aliphatic carbocycles. The standard InChI is InChI=1S/C34H38N6O5/c1-2-3-10-27(39-34(45)29-20-37-25-11-6-7-12-26(25)38-29)30(41)19-24(33(44)40-28(32(36)43)15-16-31(35)42)18-21-13-14-22-8-4-5-9-23(22)17-21/h4-9,11-14,17,20,24,27-28H,2-3,10,15-16,18-19H2,1H3,(H2,35,42)(H2,36,43)(H,39,45)(H,40,44)/t24?,27-,28-/m0/s1. The van der Waals surface area contributed by atoms with Gasteiger partial charge >= 0.3 is 0 Å². The molecule has 4 rings (SSSR count). The van der Waals surface area contributed by atoms with Crippen molar-refractivity contribution in [2.45, 2.75) is 64.0 Å². The molecule has 0 aliphatic heterocycles. The van der Waals surface area contributed by atoms with Gasteiger partial charge in [0.25, 0.3) is 5.91 Å². The summed E-state index contributed by atoms with van der Waals surface area (Å²) >= 11 is 0. The number of primary amides is 2. The van der Waals surface area contributed by atoms with E-state index in [4.69, 9.17) is 11.5 Å². The van der Waals surface area contributed by atoms with Crippen LogP contribution in [-0.2, 0) is 25.6 Å². The number of nitrogens with two attached hydrogens (primary N) is 2. The molecule has 3 aromatic carbocycles. The fraction of sp³-hybridized carbons (Fsp3) is 0.324. The summed E-state index contributed by atoms with van der Waals surface area (Å²) in [6, 6.07) is 18.7. The van der Waals surface area contributed by atoms with Gasteiger partial charge in [-0.15, -0.1) is 0 Å². The Hall–Kier alpha value is -5.19. The van der Waals surface area contributed by atoms with E-state index >= 15 is 0 Å². The molecule has 4 amide bonds. The van der Waals surface area contributed by atoms with E-state index in [-0.39, 0.29) is 37.2 Å². The molecule has 11 heteroatoms. The maximum atomic E-state index is 13.8. The molecule has 0 saturated carbocycles. The number of Topliss-reactive ketones (excluding diaryl/α,β-unsaturated/α-hetero) is 1. The van der Waals surface area contributed by atoms with Crippen molar-refractivity contribution >= 4 is 51.2 Å². The van der Waals surface area contributed by atoms with Crippen molar-refractivity contribution in [1.29, 1.82) is 0 Å². The number of fused-ring (bicyclic) bond motifs is 2. The van der Waals surface area contributed by atoms with Crippen LogP contribution in [0.3, 0.4) is 0 Å². The number of hydrogen-bond donors (Lipinski definition) is 4. The van der Waals surface area contributed by atoms with Gasteiger partial charge in [-0.05, 0) is 47.7 Å². The Bertz CT molecular complexity index is 1710. The van der Waals surface area contributed by atoms with E-state index in [9.17, 15) is 24.0 Å². The molecule has 234 valence electrons. The highest BCUT2D eigenvalue weighted by atomic mass is 16.2. The minimum atomic E-state index is -1.14. The van der Waals surface area contributed by atoms with Gasteiger partial charge in [-0.25, -0.2) is 4.98 Å². The van der Waals surface area contributed by atoms with Crippen molar-refractivity contribution in [2.24, 2.45) is 17.4 Å². The first kappa shape index (κ1) is 32.7. The van der Waals surface area contributed by atoms with E-state index in [1.807, 2.05) is 55.5 Å². The first-order valence-corrected chi connectivity index (χ1v) is 15.1. The highest BCUT2D eigenvalue weighted by Gasteiger charge is 2.30. The summed E-state index contributed by atoms with van der Waals surface area (Å²) in [7, 11) is 0. The molecule has 0 saturated heterocycles. The Balaban J connectivity index is 1.57. The van der Waals surface area contributed by atoms with Crippen LogP contribution < -0.4 is 22.1 Å². The Morgan fingerprint density at radius 2 is 1.53 bits per heavy atom. The SMILES string of the molecule is CCCC[C@H](NC(=O)c1cnc2ccccc2n1)C(=O)CC(Cc1ccc2ccccc2c1)C(=O)N[C@@H](CCC(N)=O)C(N)=O. The number of carbonyl (C=O) groups is 5. The Morgan fingerprint density at radius 1 is 0.822 bits per heavy atom. The fourth-order valence-corrected chi connectivity index (χ4v) is 5.18. The van der Waals surface area contributed by atoms with Crippen molar-refractivity contribution in [2.75, 3.05) is 0 Å². The van der Waals surface area contributed by atoms with Gasteiger partial charge in [-0.2, -0.15) is 0 Å². The lowest BCUT2D eigenvalue weighted by molar-refractivity contribution is -0.133. The lowest BCUT2D eigenvalue weighted by atomic mass is 9.89. The monoisotopic (exact) mass is 610 g/mol.